The summed E-state index contributed by atoms with van der Waals surface area (Å²) < 4.78 is 2.02. The number of hydrogen-bond acceptors (Lipinski definition) is 3. The van der Waals surface area contributed by atoms with E-state index in [1.807, 2.05) is 60.4 Å². The Morgan fingerprint density at radius 3 is 2.67 bits per heavy atom. The fourth-order valence-electron chi connectivity index (χ4n) is 1.97. The highest BCUT2D eigenvalue weighted by Crippen LogP contribution is 2.18. The van der Waals surface area contributed by atoms with Gasteiger partial charge in [-0.25, -0.2) is 4.98 Å². The van der Waals surface area contributed by atoms with E-state index in [0.29, 0.717) is 0 Å². The van der Waals surface area contributed by atoms with E-state index in [9.17, 15) is 0 Å². The van der Waals surface area contributed by atoms with Gasteiger partial charge in [-0.3, -0.25) is 9.55 Å². The number of fused-ring (bicyclic) bond motifs is 1. The van der Waals surface area contributed by atoms with Crippen molar-refractivity contribution in [2.45, 2.75) is 13.0 Å². The molecule has 0 aliphatic heterocycles. The summed E-state index contributed by atoms with van der Waals surface area (Å²) in [4.78, 5) is 8.73. The van der Waals surface area contributed by atoms with Gasteiger partial charge >= 0.3 is 0 Å². The number of hydrogen-bond donors (Lipinski definition) is 1. The van der Waals surface area contributed by atoms with Crippen molar-refractivity contribution < 1.29 is 0 Å². The third-order valence-electron chi connectivity index (χ3n) is 2.97. The van der Waals surface area contributed by atoms with Gasteiger partial charge in [-0.05, 0) is 31.2 Å². The van der Waals surface area contributed by atoms with Crippen LogP contribution in [0.5, 0.6) is 0 Å². The number of nitrogens with zero attached hydrogens (tertiary/aromatic N) is 3. The van der Waals surface area contributed by atoms with Gasteiger partial charge in [0.2, 0.25) is 0 Å². The van der Waals surface area contributed by atoms with E-state index in [1.54, 1.807) is 0 Å². The van der Waals surface area contributed by atoms with E-state index in [-0.39, 0.29) is 6.04 Å². The Morgan fingerprint density at radius 1 is 1.11 bits per heavy atom. The summed E-state index contributed by atoms with van der Waals surface area (Å²) in [6.45, 7) is 1.93. The summed E-state index contributed by atoms with van der Waals surface area (Å²) in [5.74, 6) is 0. The monoisotopic (exact) mass is 238 g/mol. The van der Waals surface area contributed by atoms with Crippen molar-refractivity contribution in [3.63, 3.8) is 0 Å². The van der Waals surface area contributed by atoms with Gasteiger partial charge in [0, 0.05) is 6.04 Å². The molecular weight excluding hydrogens is 224 g/mol. The Bertz CT molecular complexity index is 668. The molecule has 0 spiro atoms. The second-order valence-electron chi connectivity index (χ2n) is 4.33. The molecular formula is C14H14N4. The van der Waals surface area contributed by atoms with Crippen LogP contribution in [0.3, 0.4) is 0 Å². The van der Waals surface area contributed by atoms with Gasteiger partial charge in [0.15, 0.2) is 0 Å². The average molecular weight is 238 g/mol. The lowest BCUT2D eigenvalue weighted by molar-refractivity contribution is 0.779. The van der Waals surface area contributed by atoms with E-state index in [0.717, 1.165) is 22.4 Å². The highest BCUT2D eigenvalue weighted by Gasteiger charge is 2.05. The summed E-state index contributed by atoms with van der Waals surface area (Å²) in [6.07, 6.45) is 3.64. The first-order valence-electron chi connectivity index (χ1n) is 5.90. The van der Waals surface area contributed by atoms with Gasteiger partial charge in [-0.1, -0.05) is 12.1 Å². The summed E-state index contributed by atoms with van der Waals surface area (Å²) in [7, 11) is 0. The van der Waals surface area contributed by atoms with Crippen molar-refractivity contribution in [1.82, 2.24) is 14.5 Å². The normalized spacial score (nSPS) is 12.8. The van der Waals surface area contributed by atoms with Crippen LogP contribution in [0.1, 0.15) is 18.7 Å². The van der Waals surface area contributed by atoms with Gasteiger partial charge in [-0.15, -0.1) is 0 Å². The lowest BCUT2D eigenvalue weighted by Crippen LogP contribution is -2.07. The fraction of sp³-hybridized carbons (Fsp3) is 0.143. The maximum Gasteiger partial charge on any atom is 0.100 e. The van der Waals surface area contributed by atoms with Crippen LogP contribution in [0, 0.1) is 0 Å². The number of para-hydroxylation sites is 2. The van der Waals surface area contributed by atoms with Crippen molar-refractivity contribution in [2.75, 3.05) is 0 Å². The molecule has 4 nitrogen and oxygen atoms in total. The highest BCUT2D eigenvalue weighted by atomic mass is 15.1. The zero-order valence-electron chi connectivity index (χ0n) is 10.1. The van der Waals surface area contributed by atoms with Crippen LogP contribution in [0.15, 0.2) is 48.9 Å². The van der Waals surface area contributed by atoms with E-state index >= 15 is 0 Å². The molecule has 0 bridgehead atoms. The molecule has 2 aromatic heterocycles. The van der Waals surface area contributed by atoms with Gasteiger partial charge < -0.3 is 5.73 Å². The maximum atomic E-state index is 5.79. The molecule has 0 radical (unpaired) electrons. The summed E-state index contributed by atoms with van der Waals surface area (Å²) in [5.41, 5.74) is 9.73. The van der Waals surface area contributed by atoms with E-state index in [2.05, 4.69) is 9.97 Å². The second kappa shape index (κ2) is 4.23. The largest absolute Gasteiger partial charge is 0.323 e. The minimum absolute atomic E-state index is 0.0430. The lowest BCUT2D eigenvalue weighted by atomic mass is 10.2. The Balaban J connectivity index is 2.09. The minimum atomic E-state index is -0.0430. The molecule has 4 heteroatoms. The smallest absolute Gasteiger partial charge is 0.100 e. The average Bonchev–Trinajstić information content (AvgIpc) is 2.82. The zero-order chi connectivity index (χ0) is 12.5. The van der Waals surface area contributed by atoms with Crippen LogP contribution in [0.25, 0.3) is 16.7 Å². The second-order valence-corrected chi connectivity index (χ2v) is 4.33. The number of aromatic nitrogens is 3. The van der Waals surface area contributed by atoms with Gasteiger partial charge in [0.05, 0.1) is 28.6 Å². The first-order valence-corrected chi connectivity index (χ1v) is 5.90. The van der Waals surface area contributed by atoms with Crippen LogP contribution in [0.4, 0.5) is 0 Å². The molecule has 0 aliphatic carbocycles. The van der Waals surface area contributed by atoms with Gasteiger partial charge in [0.1, 0.15) is 6.33 Å². The number of rotatable bonds is 2. The van der Waals surface area contributed by atoms with Crippen molar-refractivity contribution in [2.24, 2.45) is 5.73 Å². The lowest BCUT2D eigenvalue weighted by Gasteiger charge is -2.07. The molecule has 18 heavy (non-hydrogen) atoms. The van der Waals surface area contributed by atoms with E-state index < -0.39 is 0 Å². The summed E-state index contributed by atoms with van der Waals surface area (Å²) in [6, 6.07) is 12.0. The molecule has 0 fully saturated rings. The van der Waals surface area contributed by atoms with Gasteiger partial charge in [0.25, 0.3) is 0 Å². The maximum absolute atomic E-state index is 5.79. The first-order chi connectivity index (χ1) is 8.75. The van der Waals surface area contributed by atoms with Crippen LogP contribution in [-0.2, 0) is 0 Å². The molecule has 1 atom stereocenters. The Kier molecular flexibility index (Phi) is 2.57. The standard InChI is InChI=1S/C14H14N4/c1-10(15)12-7-6-11(8-16-12)18-9-17-13-4-2-3-5-14(13)18/h2-10H,15H2,1H3. The SMILES string of the molecule is CC(N)c1ccc(-n2cnc3ccccc32)cn1. The predicted octanol–water partition coefficient (Wildman–Crippen LogP) is 2.44. The Morgan fingerprint density at radius 2 is 1.94 bits per heavy atom. The van der Waals surface area contributed by atoms with Gasteiger partial charge in [-0.2, -0.15) is 0 Å². The third kappa shape index (κ3) is 1.76. The topological polar surface area (TPSA) is 56.7 Å². The zero-order valence-corrected chi connectivity index (χ0v) is 10.1. The first kappa shape index (κ1) is 10.9. The van der Waals surface area contributed by atoms with E-state index in [1.165, 1.54) is 0 Å². The van der Waals surface area contributed by atoms with E-state index in [4.69, 9.17) is 5.73 Å². The number of pyridine rings is 1. The van der Waals surface area contributed by atoms with Crippen LogP contribution in [-0.4, -0.2) is 14.5 Å². The number of benzene rings is 1. The molecule has 2 heterocycles. The molecule has 0 aliphatic rings. The molecule has 3 rings (SSSR count). The summed E-state index contributed by atoms with van der Waals surface area (Å²) in [5, 5.41) is 0. The predicted molar refractivity (Wildman–Crippen MR) is 71.5 cm³/mol. The number of imidazole rings is 1. The van der Waals surface area contributed by atoms with Crippen LogP contribution >= 0.6 is 0 Å². The summed E-state index contributed by atoms with van der Waals surface area (Å²) >= 11 is 0. The molecule has 1 unspecified atom stereocenters. The molecule has 0 saturated heterocycles. The van der Waals surface area contributed by atoms with Crippen LogP contribution < -0.4 is 5.73 Å². The quantitative estimate of drug-likeness (QED) is 0.746. The molecule has 0 amide bonds. The van der Waals surface area contributed by atoms with Crippen LogP contribution in [0.2, 0.25) is 0 Å². The highest BCUT2D eigenvalue weighted by molar-refractivity contribution is 5.77. The Hall–Kier alpha value is -2.20. The Labute approximate surface area is 105 Å². The minimum Gasteiger partial charge on any atom is -0.323 e. The molecule has 0 saturated carbocycles. The molecule has 90 valence electrons. The van der Waals surface area contributed by atoms with Crippen molar-refractivity contribution in [3.8, 4) is 5.69 Å². The fourth-order valence-corrected chi connectivity index (χ4v) is 1.97. The molecule has 2 N–H and O–H groups in total. The van der Waals surface area contributed by atoms with Crippen molar-refractivity contribution in [1.29, 1.82) is 0 Å². The number of nitrogens with two attached hydrogens (primary N) is 1. The van der Waals surface area contributed by atoms with Crippen molar-refractivity contribution in [3.05, 3.63) is 54.6 Å². The molecule has 3 aromatic rings. The van der Waals surface area contributed by atoms with Crippen molar-refractivity contribution >= 4 is 11.0 Å². The molecule has 1 aromatic carbocycles. The third-order valence-corrected chi connectivity index (χ3v) is 2.97.